The van der Waals surface area contributed by atoms with E-state index in [1.54, 1.807) is 25.1 Å². The fourth-order valence-electron chi connectivity index (χ4n) is 7.95. The van der Waals surface area contributed by atoms with Crippen LogP contribution in [0.5, 0.6) is 5.75 Å². The van der Waals surface area contributed by atoms with Crippen LogP contribution in [-0.4, -0.2) is 78.5 Å². The number of benzene rings is 2. The van der Waals surface area contributed by atoms with Gasteiger partial charge in [0.15, 0.2) is 0 Å². The number of hydrogen-bond donors (Lipinski definition) is 1. The average Bonchev–Trinajstić information content (AvgIpc) is 3.19. The van der Waals surface area contributed by atoms with Gasteiger partial charge in [0.05, 0.1) is 28.1 Å². The molecular weight excluding hydrogens is 646 g/mol. The molecule has 0 saturated heterocycles. The Morgan fingerprint density at radius 3 is 2.69 bits per heavy atom. The Bertz CT molecular complexity index is 1690. The predicted molar refractivity (Wildman–Crippen MR) is 195 cm³/mol. The minimum Gasteiger partial charge on any atom is -0.490 e. The van der Waals surface area contributed by atoms with E-state index >= 15 is 0 Å². The normalized spacial score (nSPS) is 34.0. The van der Waals surface area contributed by atoms with Crippen molar-refractivity contribution in [2.24, 2.45) is 23.7 Å². The van der Waals surface area contributed by atoms with Gasteiger partial charge in [-0.3, -0.25) is 14.3 Å². The number of nitrogens with zero attached hydrogens (tertiary/aromatic N) is 2. The first-order chi connectivity index (χ1) is 22.8. The molecule has 2 aromatic rings. The van der Waals surface area contributed by atoms with Gasteiger partial charge in [0.25, 0.3) is 5.91 Å². The molecule has 1 saturated carbocycles. The van der Waals surface area contributed by atoms with E-state index < -0.39 is 15.6 Å². The van der Waals surface area contributed by atoms with E-state index in [9.17, 15) is 13.8 Å². The molecule has 8 nitrogen and oxygen atoms in total. The smallest absolute Gasteiger partial charge is 0.262 e. The molecule has 48 heavy (non-hydrogen) atoms. The molecule has 2 amide bonds. The van der Waals surface area contributed by atoms with Crippen molar-refractivity contribution in [1.82, 2.24) is 9.62 Å². The quantitative estimate of drug-likeness (QED) is 0.318. The molecule has 1 N–H and O–H groups in total. The van der Waals surface area contributed by atoms with Crippen LogP contribution in [0.25, 0.3) is 0 Å². The number of aryl methyl sites for hydroxylation is 1. The molecule has 2 aliphatic heterocycles. The Morgan fingerprint density at radius 1 is 1.17 bits per heavy atom. The molecular formula is C38H50ClN3O5S. The average molecular weight is 696 g/mol. The molecule has 10 heteroatoms. The number of fused-ring (bicyclic) bond motifs is 4. The number of nitrogens with one attached hydrogen (secondary N) is 1. The van der Waals surface area contributed by atoms with E-state index in [-0.39, 0.29) is 47.0 Å². The van der Waals surface area contributed by atoms with Gasteiger partial charge in [0.1, 0.15) is 12.4 Å². The Labute approximate surface area is 291 Å². The van der Waals surface area contributed by atoms with Crippen LogP contribution in [0, 0.1) is 23.7 Å². The summed E-state index contributed by atoms with van der Waals surface area (Å²) in [5.74, 6) is 4.80. The number of halogens is 1. The van der Waals surface area contributed by atoms with Crippen molar-refractivity contribution in [2.45, 2.75) is 69.6 Å². The van der Waals surface area contributed by atoms with Crippen molar-refractivity contribution in [2.75, 3.05) is 45.3 Å². The molecule has 1 unspecified atom stereocenters. The molecule has 2 aliphatic carbocycles. The summed E-state index contributed by atoms with van der Waals surface area (Å²) in [5.41, 5.74) is 3.59. The summed E-state index contributed by atoms with van der Waals surface area (Å²) in [6, 6.07) is 11.8. The fraction of sp³-hybridized carbons (Fsp3) is 0.553. The maximum Gasteiger partial charge on any atom is 0.262 e. The van der Waals surface area contributed by atoms with Crippen LogP contribution in [0.4, 0.5) is 5.69 Å². The second-order valence-electron chi connectivity index (χ2n) is 14.8. The van der Waals surface area contributed by atoms with E-state index in [2.05, 4.69) is 46.7 Å². The number of amides is 2. The highest BCUT2D eigenvalue weighted by molar-refractivity contribution is 7.99. The monoisotopic (exact) mass is 695 g/mol. The van der Waals surface area contributed by atoms with E-state index in [0.717, 1.165) is 61.7 Å². The number of carbonyl (C=O) groups excluding carboxylic acids is 2. The zero-order chi connectivity index (χ0) is 34.4. The van der Waals surface area contributed by atoms with Crippen LogP contribution in [-0.2, 0) is 31.1 Å². The summed E-state index contributed by atoms with van der Waals surface area (Å²) >= 11 is 6.45. The third kappa shape index (κ3) is 6.88. The SMILES string of the molecule is C=S1(=O)NC(=O)c2ccc3c(c2)N(C[C@@H]2CC[C@H]2[C@@H](OCC(=O)N(C)C)/C=C/[C@H](C)[C@H](C)[C@H]1C)C[C@@]1(CCCc2cc(Cl)ccc21)CO3. The van der Waals surface area contributed by atoms with Gasteiger partial charge >= 0.3 is 0 Å². The summed E-state index contributed by atoms with van der Waals surface area (Å²) < 4.78 is 29.8. The second-order valence-corrected chi connectivity index (χ2v) is 17.7. The highest BCUT2D eigenvalue weighted by Gasteiger charge is 2.45. The van der Waals surface area contributed by atoms with E-state index in [1.807, 2.05) is 32.0 Å². The molecule has 0 radical (unpaired) electrons. The lowest BCUT2D eigenvalue weighted by Gasteiger charge is -2.46. The lowest BCUT2D eigenvalue weighted by atomic mass is 9.68. The van der Waals surface area contributed by atoms with Crippen LogP contribution in [0.2, 0.25) is 5.02 Å². The Morgan fingerprint density at radius 2 is 1.96 bits per heavy atom. The van der Waals surface area contributed by atoms with Crippen molar-refractivity contribution in [1.29, 1.82) is 0 Å². The largest absolute Gasteiger partial charge is 0.490 e. The third-order valence-electron chi connectivity index (χ3n) is 11.6. The number of ether oxygens (including phenoxy) is 2. The van der Waals surface area contributed by atoms with Gasteiger partial charge in [-0.25, -0.2) is 4.21 Å². The van der Waals surface area contributed by atoms with Crippen LogP contribution >= 0.6 is 11.6 Å². The summed E-state index contributed by atoms with van der Waals surface area (Å²) in [6.45, 7) is 8.03. The molecule has 260 valence electrons. The van der Waals surface area contributed by atoms with Crippen LogP contribution < -0.4 is 14.4 Å². The Balaban J connectivity index is 1.42. The summed E-state index contributed by atoms with van der Waals surface area (Å²) in [5, 5.41) is 0.356. The zero-order valence-corrected chi connectivity index (χ0v) is 30.4. The van der Waals surface area contributed by atoms with Gasteiger partial charge < -0.3 is 19.3 Å². The van der Waals surface area contributed by atoms with Crippen molar-refractivity contribution >= 4 is 44.7 Å². The highest BCUT2D eigenvalue weighted by atomic mass is 35.5. The van der Waals surface area contributed by atoms with Gasteiger partial charge in [-0.05, 0) is 110 Å². The van der Waals surface area contributed by atoms with Gasteiger partial charge in [-0.1, -0.05) is 43.7 Å². The number of carbonyl (C=O) groups is 2. The molecule has 2 aromatic carbocycles. The Hall–Kier alpha value is -3.01. The molecule has 2 bridgehead atoms. The van der Waals surface area contributed by atoms with Crippen molar-refractivity contribution in [3.05, 3.63) is 70.3 Å². The Kier molecular flexibility index (Phi) is 9.95. The van der Waals surface area contributed by atoms with Crippen molar-refractivity contribution in [3.63, 3.8) is 0 Å². The topological polar surface area (TPSA) is 88.2 Å². The predicted octanol–water partition coefficient (Wildman–Crippen LogP) is 5.90. The van der Waals surface area contributed by atoms with Crippen LogP contribution in [0.1, 0.15) is 67.9 Å². The van der Waals surface area contributed by atoms with Gasteiger partial charge in [-0.15, -0.1) is 0 Å². The lowest BCUT2D eigenvalue weighted by Crippen LogP contribution is -2.50. The summed E-state index contributed by atoms with van der Waals surface area (Å²) in [7, 11) is 0.493. The molecule has 4 aliphatic rings. The number of likely N-dealkylation sites (N-methyl/N-ethyl adjacent to an activating group) is 1. The zero-order valence-electron chi connectivity index (χ0n) is 28.9. The van der Waals surface area contributed by atoms with E-state index in [4.69, 9.17) is 21.1 Å². The minimum absolute atomic E-state index is 0.0104. The van der Waals surface area contributed by atoms with E-state index in [0.29, 0.717) is 18.1 Å². The second kappa shape index (κ2) is 13.7. The van der Waals surface area contributed by atoms with Crippen LogP contribution in [0.3, 0.4) is 0 Å². The third-order valence-corrected chi connectivity index (χ3v) is 14.0. The van der Waals surface area contributed by atoms with Crippen molar-refractivity contribution < 1.29 is 23.3 Å². The molecule has 1 fully saturated rings. The van der Waals surface area contributed by atoms with Crippen LogP contribution in [0.15, 0.2) is 48.6 Å². The maximum atomic E-state index is 13.9. The number of anilines is 1. The first-order valence-corrected chi connectivity index (χ1v) is 19.4. The summed E-state index contributed by atoms with van der Waals surface area (Å²) in [4.78, 5) is 30.3. The molecule has 6 rings (SSSR count). The molecule has 0 aromatic heterocycles. The molecule has 2 heterocycles. The minimum atomic E-state index is -2.99. The molecule has 1 spiro atoms. The number of allylic oxidation sites excluding steroid dienone is 1. The van der Waals surface area contributed by atoms with Gasteiger partial charge in [0.2, 0.25) is 5.91 Å². The standard InChI is InChI=1S/C38H50ClN3O5S/c1-24-9-15-34(46-21-36(43)41(4)5)31-13-10-29(31)20-42-22-38(17-7-8-27-18-30(39)12-14-32(27)38)23-47-35-16-11-28(19-33(35)42)37(44)40-48(6,45)26(3)25(24)2/h9,11-12,14-16,18-19,24-26,29,31,34H,6-8,10,13,17,20-23H2,1-5H3,(H,40,44,45)/b15-9+/t24-,25-,26+,29-,31+,34-,38-,48?/m0/s1. The van der Waals surface area contributed by atoms with E-state index in [1.165, 1.54) is 11.1 Å². The van der Waals surface area contributed by atoms with Gasteiger partial charge in [-0.2, -0.15) is 0 Å². The van der Waals surface area contributed by atoms with Crippen molar-refractivity contribution in [3.8, 4) is 5.75 Å². The summed E-state index contributed by atoms with van der Waals surface area (Å²) in [6.07, 6.45) is 9.03. The van der Waals surface area contributed by atoms with Gasteiger partial charge in [0, 0.05) is 48.4 Å². The fourth-order valence-corrected chi connectivity index (χ4v) is 9.71. The first-order valence-electron chi connectivity index (χ1n) is 17.3. The number of rotatable bonds is 3. The molecule has 8 atom stereocenters. The number of hydrogen-bond acceptors (Lipinski definition) is 6. The lowest BCUT2D eigenvalue weighted by molar-refractivity contribution is -0.137. The first kappa shape index (κ1) is 34.8. The highest BCUT2D eigenvalue weighted by Crippen LogP contribution is 2.47. The maximum absolute atomic E-state index is 13.9.